The molecule has 0 aliphatic heterocycles. The molecule has 0 spiro atoms. The van der Waals surface area contributed by atoms with Gasteiger partial charge in [-0.05, 0) is 54.1 Å². The molecule has 3 aromatic carbocycles. The van der Waals surface area contributed by atoms with Crippen molar-refractivity contribution in [1.29, 1.82) is 0 Å². The molecular formula is C25H25N3O4. The summed E-state index contributed by atoms with van der Waals surface area (Å²) in [6, 6.07) is 21.0. The minimum absolute atomic E-state index is 0.215. The SMILES string of the molecule is CC(=O)Oc1cccc(C(=O)NCc2ccccc2NC(=O)c2ccc(N(C)C)cc2)c1. The Balaban J connectivity index is 1.67. The summed E-state index contributed by atoms with van der Waals surface area (Å²) in [5.74, 6) is -0.704. The van der Waals surface area contributed by atoms with Crippen LogP contribution in [0.5, 0.6) is 5.75 Å². The lowest BCUT2D eigenvalue weighted by molar-refractivity contribution is -0.131. The normalized spacial score (nSPS) is 10.2. The number of hydrogen-bond donors (Lipinski definition) is 2. The van der Waals surface area contributed by atoms with Gasteiger partial charge in [-0.25, -0.2) is 0 Å². The number of rotatable bonds is 7. The third kappa shape index (κ3) is 5.95. The number of para-hydroxylation sites is 1. The van der Waals surface area contributed by atoms with Gasteiger partial charge in [-0.1, -0.05) is 24.3 Å². The number of anilines is 2. The van der Waals surface area contributed by atoms with Crippen molar-refractivity contribution in [3.05, 3.63) is 89.5 Å². The van der Waals surface area contributed by atoms with Crippen molar-refractivity contribution >= 4 is 29.2 Å². The van der Waals surface area contributed by atoms with E-state index in [0.29, 0.717) is 22.6 Å². The second kappa shape index (κ2) is 10.3. The largest absolute Gasteiger partial charge is 0.427 e. The van der Waals surface area contributed by atoms with Gasteiger partial charge in [0.25, 0.3) is 11.8 Å². The van der Waals surface area contributed by atoms with Crippen LogP contribution in [0.15, 0.2) is 72.8 Å². The van der Waals surface area contributed by atoms with Crippen molar-refractivity contribution in [3.8, 4) is 5.75 Å². The Bertz CT molecular complexity index is 1120. The topological polar surface area (TPSA) is 87.7 Å². The second-order valence-electron chi connectivity index (χ2n) is 7.36. The number of carbonyl (C=O) groups is 3. The summed E-state index contributed by atoms with van der Waals surface area (Å²) >= 11 is 0. The van der Waals surface area contributed by atoms with Crippen LogP contribution in [-0.4, -0.2) is 31.9 Å². The molecule has 0 unspecified atom stereocenters. The van der Waals surface area contributed by atoms with E-state index in [-0.39, 0.29) is 18.4 Å². The monoisotopic (exact) mass is 431 g/mol. The number of benzene rings is 3. The molecule has 32 heavy (non-hydrogen) atoms. The average Bonchev–Trinajstić information content (AvgIpc) is 2.78. The highest BCUT2D eigenvalue weighted by atomic mass is 16.5. The van der Waals surface area contributed by atoms with Crippen LogP contribution in [0.2, 0.25) is 0 Å². The Kier molecular flexibility index (Phi) is 7.23. The van der Waals surface area contributed by atoms with Gasteiger partial charge >= 0.3 is 5.97 Å². The Morgan fingerprint density at radius 3 is 2.25 bits per heavy atom. The van der Waals surface area contributed by atoms with Crippen LogP contribution in [0.3, 0.4) is 0 Å². The molecule has 0 aromatic heterocycles. The molecule has 2 N–H and O–H groups in total. The summed E-state index contributed by atoms with van der Waals surface area (Å²) in [4.78, 5) is 38.3. The molecule has 0 saturated carbocycles. The molecule has 0 atom stereocenters. The zero-order valence-corrected chi connectivity index (χ0v) is 18.2. The molecule has 7 nitrogen and oxygen atoms in total. The summed E-state index contributed by atoms with van der Waals surface area (Å²) in [5.41, 5.74) is 3.28. The van der Waals surface area contributed by atoms with Crippen LogP contribution in [-0.2, 0) is 11.3 Å². The zero-order valence-electron chi connectivity index (χ0n) is 18.2. The second-order valence-corrected chi connectivity index (χ2v) is 7.36. The number of amides is 2. The third-order valence-corrected chi connectivity index (χ3v) is 4.71. The highest BCUT2D eigenvalue weighted by molar-refractivity contribution is 6.05. The summed E-state index contributed by atoms with van der Waals surface area (Å²) in [7, 11) is 3.87. The fourth-order valence-electron chi connectivity index (χ4n) is 3.05. The molecule has 0 aliphatic rings. The van der Waals surface area contributed by atoms with E-state index in [1.807, 2.05) is 49.3 Å². The minimum Gasteiger partial charge on any atom is -0.427 e. The molecule has 0 radical (unpaired) electrons. The van der Waals surface area contributed by atoms with Crippen LogP contribution < -0.4 is 20.3 Å². The quantitative estimate of drug-likeness (QED) is 0.438. The van der Waals surface area contributed by atoms with Crippen LogP contribution in [0.1, 0.15) is 33.2 Å². The lowest BCUT2D eigenvalue weighted by Crippen LogP contribution is -2.24. The van der Waals surface area contributed by atoms with E-state index in [1.165, 1.54) is 13.0 Å². The lowest BCUT2D eigenvalue weighted by atomic mass is 10.1. The standard InChI is InChI=1S/C25H25N3O4/c1-17(29)32-22-9-6-8-19(15-22)24(30)26-16-20-7-4-5-10-23(20)27-25(31)18-11-13-21(14-12-18)28(2)3/h4-15H,16H2,1-3H3,(H,26,30)(H,27,31). The van der Waals surface area contributed by atoms with Crippen molar-refractivity contribution < 1.29 is 19.1 Å². The van der Waals surface area contributed by atoms with Gasteiger partial charge < -0.3 is 20.3 Å². The molecule has 0 saturated heterocycles. The maximum atomic E-state index is 12.7. The predicted molar refractivity (Wildman–Crippen MR) is 124 cm³/mol. The maximum absolute atomic E-state index is 12.7. The average molecular weight is 431 g/mol. The number of nitrogens with one attached hydrogen (secondary N) is 2. The van der Waals surface area contributed by atoms with Crippen molar-refractivity contribution in [2.24, 2.45) is 0 Å². The highest BCUT2D eigenvalue weighted by Gasteiger charge is 2.12. The van der Waals surface area contributed by atoms with E-state index >= 15 is 0 Å². The first-order chi connectivity index (χ1) is 15.3. The molecule has 0 aliphatic carbocycles. The maximum Gasteiger partial charge on any atom is 0.308 e. The van der Waals surface area contributed by atoms with E-state index in [0.717, 1.165) is 11.3 Å². The van der Waals surface area contributed by atoms with Crippen molar-refractivity contribution in [3.63, 3.8) is 0 Å². The lowest BCUT2D eigenvalue weighted by Gasteiger charge is -2.14. The Morgan fingerprint density at radius 2 is 1.56 bits per heavy atom. The molecule has 7 heteroatoms. The van der Waals surface area contributed by atoms with Crippen LogP contribution in [0.4, 0.5) is 11.4 Å². The van der Waals surface area contributed by atoms with Crippen molar-refractivity contribution in [2.45, 2.75) is 13.5 Å². The van der Waals surface area contributed by atoms with E-state index in [2.05, 4.69) is 10.6 Å². The first kappa shape index (κ1) is 22.6. The van der Waals surface area contributed by atoms with Crippen molar-refractivity contribution in [2.75, 3.05) is 24.3 Å². The smallest absolute Gasteiger partial charge is 0.308 e. The van der Waals surface area contributed by atoms with Crippen LogP contribution in [0, 0.1) is 0 Å². The fourth-order valence-corrected chi connectivity index (χ4v) is 3.05. The Hall–Kier alpha value is -4.13. The minimum atomic E-state index is -0.455. The number of esters is 1. The number of nitrogens with zero attached hydrogens (tertiary/aromatic N) is 1. The summed E-state index contributed by atoms with van der Waals surface area (Å²) in [6.45, 7) is 1.52. The molecule has 0 fully saturated rings. The Morgan fingerprint density at radius 1 is 0.844 bits per heavy atom. The van der Waals surface area contributed by atoms with Crippen LogP contribution in [0.25, 0.3) is 0 Å². The van der Waals surface area contributed by atoms with Crippen molar-refractivity contribution in [1.82, 2.24) is 5.32 Å². The van der Waals surface area contributed by atoms with E-state index in [9.17, 15) is 14.4 Å². The summed E-state index contributed by atoms with van der Waals surface area (Å²) in [6.07, 6.45) is 0. The molecular weight excluding hydrogens is 406 g/mol. The molecule has 3 rings (SSSR count). The molecule has 164 valence electrons. The number of ether oxygens (including phenoxy) is 1. The van der Waals surface area contributed by atoms with Gasteiger partial charge in [0.15, 0.2) is 0 Å². The van der Waals surface area contributed by atoms with E-state index in [1.54, 1.807) is 36.4 Å². The molecule has 2 amide bonds. The van der Waals surface area contributed by atoms with Gasteiger partial charge in [0.1, 0.15) is 5.75 Å². The fraction of sp³-hybridized carbons (Fsp3) is 0.160. The van der Waals surface area contributed by atoms with Gasteiger partial charge in [0, 0.05) is 50.1 Å². The molecule has 0 heterocycles. The highest BCUT2D eigenvalue weighted by Crippen LogP contribution is 2.19. The number of carbonyl (C=O) groups excluding carboxylic acids is 3. The molecule has 3 aromatic rings. The first-order valence-corrected chi connectivity index (χ1v) is 10.1. The van der Waals surface area contributed by atoms with Gasteiger partial charge in [0.05, 0.1) is 0 Å². The van der Waals surface area contributed by atoms with Gasteiger partial charge in [0.2, 0.25) is 0 Å². The number of hydrogen-bond acceptors (Lipinski definition) is 5. The van der Waals surface area contributed by atoms with E-state index in [4.69, 9.17) is 4.74 Å². The van der Waals surface area contributed by atoms with Crippen LogP contribution >= 0.6 is 0 Å². The molecule has 0 bridgehead atoms. The van der Waals surface area contributed by atoms with E-state index < -0.39 is 5.97 Å². The zero-order chi connectivity index (χ0) is 23.1. The van der Waals surface area contributed by atoms with Gasteiger partial charge in [-0.3, -0.25) is 14.4 Å². The first-order valence-electron chi connectivity index (χ1n) is 10.1. The Labute approximate surface area is 187 Å². The summed E-state index contributed by atoms with van der Waals surface area (Å²) < 4.78 is 5.02. The summed E-state index contributed by atoms with van der Waals surface area (Å²) in [5, 5.41) is 5.74. The van der Waals surface area contributed by atoms with Gasteiger partial charge in [-0.2, -0.15) is 0 Å². The third-order valence-electron chi connectivity index (χ3n) is 4.71. The predicted octanol–water partition coefficient (Wildman–Crippen LogP) is 3.86. The van der Waals surface area contributed by atoms with Gasteiger partial charge in [-0.15, -0.1) is 0 Å².